The van der Waals surface area contributed by atoms with Crippen molar-refractivity contribution in [3.8, 4) is 0 Å². The summed E-state index contributed by atoms with van der Waals surface area (Å²) in [5.41, 5.74) is 1.21. The van der Waals surface area contributed by atoms with Crippen LogP contribution in [-0.4, -0.2) is 32.0 Å². The second kappa shape index (κ2) is 7.50. The van der Waals surface area contributed by atoms with Crippen molar-refractivity contribution in [3.05, 3.63) is 24.3 Å². The van der Waals surface area contributed by atoms with Crippen LogP contribution in [0, 0.1) is 11.8 Å². The highest BCUT2D eigenvalue weighted by Gasteiger charge is 2.26. The Balaban J connectivity index is 1.28. The average molecular weight is 341 g/mol. The summed E-state index contributed by atoms with van der Waals surface area (Å²) in [5.74, 6) is 2.36. The van der Waals surface area contributed by atoms with Crippen LogP contribution < -0.4 is 5.32 Å². The molecule has 2 aliphatic rings. The maximum absolute atomic E-state index is 12.3. The fraction of sp³-hybridized carbons (Fsp3) is 0.684. The van der Waals surface area contributed by atoms with Crippen LogP contribution in [0.25, 0.3) is 5.78 Å². The quantitative estimate of drug-likeness (QED) is 0.927. The average Bonchev–Trinajstić information content (AvgIpc) is 3.16. The molecular formula is C19H27N5O. The molecule has 2 aromatic rings. The Bertz CT molecular complexity index is 713. The molecule has 4 rings (SSSR count). The minimum Gasteiger partial charge on any atom is -0.356 e. The van der Waals surface area contributed by atoms with Crippen LogP contribution in [0.4, 0.5) is 0 Å². The molecule has 0 unspecified atom stereocenters. The van der Waals surface area contributed by atoms with Crippen molar-refractivity contribution in [1.29, 1.82) is 0 Å². The van der Waals surface area contributed by atoms with Crippen molar-refractivity contribution in [2.45, 2.75) is 63.7 Å². The first-order chi connectivity index (χ1) is 12.3. The molecule has 1 amide bonds. The van der Waals surface area contributed by atoms with E-state index < -0.39 is 0 Å². The highest BCUT2D eigenvalue weighted by atomic mass is 16.1. The summed E-state index contributed by atoms with van der Waals surface area (Å²) >= 11 is 0. The van der Waals surface area contributed by atoms with E-state index in [9.17, 15) is 4.79 Å². The molecular weight excluding hydrogens is 314 g/mol. The van der Waals surface area contributed by atoms with Gasteiger partial charge >= 0.3 is 0 Å². The third-order valence-corrected chi connectivity index (χ3v) is 6.02. The normalized spacial score (nSPS) is 25.1. The van der Waals surface area contributed by atoms with Crippen molar-refractivity contribution >= 4 is 11.7 Å². The second-order valence-electron chi connectivity index (χ2n) is 7.64. The standard InChI is InChI=1S/C19H27N5O/c25-18(16-4-2-1-3-5-16)21-12-14-6-8-15(9-7-14)17-10-11-20-19-22-13-23-24(17)19/h10-11,13-16H,1-9,12H2,(H,21,25). The number of hydrogen-bond acceptors (Lipinski definition) is 4. The van der Waals surface area contributed by atoms with Gasteiger partial charge in [0.05, 0.1) is 5.69 Å². The second-order valence-corrected chi connectivity index (χ2v) is 7.64. The number of nitrogens with zero attached hydrogens (tertiary/aromatic N) is 4. The number of rotatable bonds is 4. The largest absolute Gasteiger partial charge is 0.356 e. The van der Waals surface area contributed by atoms with E-state index in [4.69, 9.17) is 0 Å². The first kappa shape index (κ1) is 16.5. The summed E-state index contributed by atoms with van der Waals surface area (Å²) in [6.45, 7) is 0.844. The Morgan fingerprint density at radius 2 is 1.88 bits per heavy atom. The van der Waals surface area contributed by atoms with Gasteiger partial charge in [-0.05, 0) is 50.5 Å². The molecule has 0 spiro atoms. The molecule has 0 atom stereocenters. The maximum atomic E-state index is 12.3. The Labute approximate surface area is 148 Å². The summed E-state index contributed by atoms with van der Waals surface area (Å²) in [6, 6.07) is 2.07. The number of carbonyl (C=O) groups excluding carboxylic acids is 1. The zero-order valence-corrected chi connectivity index (χ0v) is 14.7. The fourth-order valence-corrected chi connectivity index (χ4v) is 4.48. The molecule has 0 saturated heterocycles. The van der Waals surface area contributed by atoms with Gasteiger partial charge in [-0.2, -0.15) is 10.1 Å². The lowest BCUT2D eigenvalue weighted by molar-refractivity contribution is -0.126. The zero-order valence-electron chi connectivity index (χ0n) is 14.7. The van der Waals surface area contributed by atoms with Gasteiger partial charge in [0.2, 0.25) is 5.91 Å². The third kappa shape index (κ3) is 3.67. The SMILES string of the molecule is O=C(NCC1CCC(c2ccnc3ncnn23)CC1)C1CCCCC1. The van der Waals surface area contributed by atoms with Gasteiger partial charge in [0.25, 0.3) is 5.78 Å². The van der Waals surface area contributed by atoms with Gasteiger partial charge in [-0.25, -0.2) is 9.50 Å². The number of fused-ring (bicyclic) bond motifs is 1. The van der Waals surface area contributed by atoms with Crippen molar-refractivity contribution in [3.63, 3.8) is 0 Å². The number of hydrogen-bond donors (Lipinski definition) is 1. The van der Waals surface area contributed by atoms with Gasteiger partial charge in [0.15, 0.2) is 0 Å². The van der Waals surface area contributed by atoms with Crippen LogP contribution in [0.3, 0.4) is 0 Å². The molecule has 134 valence electrons. The number of nitrogens with one attached hydrogen (secondary N) is 1. The Morgan fingerprint density at radius 1 is 1.08 bits per heavy atom. The summed E-state index contributed by atoms with van der Waals surface area (Å²) in [4.78, 5) is 20.7. The van der Waals surface area contributed by atoms with Gasteiger partial charge < -0.3 is 5.32 Å². The van der Waals surface area contributed by atoms with Gasteiger partial charge in [-0.3, -0.25) is 4.79 Å². The first-order valence-electron chi connectivity index (χ1n) is 9.73. The van der Waals surface area contributed by atoms with Gasteiger partial charge in [-0.15, -0.1) is 0 Å². The summed E-state index contributed by atoms with van der Waals surface area (Å²) in [7, 11) is 0. The molecule has 6 nitrogen and oxygen atoms in total. The molecule has 2 aliphatic carbocycles. The van der Waals surface area contributed by atoms with E-state index in [0.717, 1.165) is 45.1 Å². The third-order valence-electron chi connectivity index (χ3n) is 6.02. The predicted octanol–water partition coefficient (Wildman–Crippen LogP) is 3.09. The van der Waals surface area contributed by atoms with Crippen molar-refractivity contribution in [1.82, 2.24) is 24.9 Å². The van der Waals surface area contributed by atoms with Gasteiger partial charge in [0.1, 0.15) is 6.33 Å². The molecule has 1 N–H and O–H groups in total. The summed E-state index contributed by atoms with van der Waals surface area (Å²) < 4.78 is 1.87. The predicted molar refractivity (Wildman–Crippen MR) is 95.1 cm³/mol. The molecule has 2 aromatic heterocycles. The van der Waals surface area contributed by atoms with Crippen molar-refractivity contribution in [2.24, 2.45) is 11.8 Å². The Kier molecular flexibility index (Phi) is 4.95. The fourth-order valence-electron chi connectivity index (χ4n) is 4.48. The molecule has 0 aromatic carbocycles. The Hall–Kier alpha value is -1.98. The smallest absolute Gasteiger partial charge is 0.252 e. The minimum absolute atomic E-state index is 0.266. The van der Waals surface area contributed by atoms with E-state index in [0.29, 0.717) is 23.5 Å². The number of carbonyl (C=O) groups is 1. The van der Waals surface area contributed by atoms with Gasteiger partial charge in [-0.1, -0.05) is 19.3 Å². The van der Waals surface area contributed by atoms with E-state index in [1.165, 1.54) is 25.0 Å². The molecule has 2 saturated carbocycles. The van der Waals surface area contributed by atoms with Crippen LogP contribution in [0.15, 0.2) is 18.6 Å². The molecule has 2 fully saturated rings. The molecule has 25 heavy (non-hydrogen) atoms. The van der Waals surface area contributed by atoms with Crippen molar-refractivity contribution in [2.75, 3.05) is 6.54 Å². The van der Waals surface area contributed by atoms with Crippen LogP contribution in [0.5, 0.6) is 0 Å². The maximum Gasteiger partial charge on any atom is 0.252 e. The number of aromatic nitrogens is 4. The topological polar surface area (TPSA) is 72.2 Å². The van der Waals surface area contributed by atoms with E-state index in [-0.39, 0.29) is 5.92 Å². The lowest BCUT2D eigenvalue weighted by atomic mass is 9.80. The van der Waals surface area contributed by atoms with E-state index in [1.807, 2.05) is 10.7 Å². The molecule has 0 aliphatic heterocycles. The molecule has 0 radical (unpaired) electrons. The van der Waals surface area contributed by atoms with Gasteiger partial charge in [0, 0.05) is 24.6 Å². The lowest BCUT2D eigenvalue weighted by Gasteiger charge is -2.29. The molecule has 6 heteroatoms. The molecule has 0 bridgehead atoms. The monoisotopic (exact) mass is 341 g/mol. The highest BCUT2D eigenvalue weighted by molar-refractivity contribution is 5.78. The van der Waals surface area contributed by atoms with Crippen LogP contribution in [0.2, 0.25) is 0 Å². The lowest BCUT2D eigenvalue weighted by Crippen LogP contribution is -2.36. The van der Waals surface area contributed by atoms with E-state index in [2.05, 4.69) is 26.4 Å². The molecule has 2 heterocycles. The number of amides is 1. The van der Waals surface area contributed by atoms with E-state index >= 15 is 0 Å². The Morgan fingerprint density at radius 3 is 2.68 bits per heavy atom. The summed E-state index contributed by atoms with van der Waals surface area (Å²) in [6.07, 6.45) is 13.9. The first-order valence-corrected chi connectivity index (χ1v) is 9.73. The summed E-state index contributed by atoms with van der Waals surface area (Å²) in [5, 5.41) is 7.54. The van der Waals surface area contributed by atoms with E-state index in [1.54, 1.807) is 6.33 Å². The van der Waals surface area contributed by atoms with Crippen molar-refractivity contribution < 1.29 is 4.79 Å². The highest BCUT2D eigenvalue weighted by Crippen LogP contribution is 2.35. The van der Waals surface area contributed by atoms with Crippen LogP contribution in [0.1, 0.15) is 69.4 Å². The zero-order chi connectivity index (χ0) is 17.1. The van der Waals surface area contributed by atoms with Crippen LogP contribution >= 0.6 is 0 Å². The van der Waals surface area contributed by atoms with Crippen LogP contribution in [-0.2, 0) is 4.79 Å². The minimum atomic E-state index is 0.266.